The molecule has 104 valence electrons. The predicted octanol–water partition coefficient (Wildman–Crippen LogP) is 1.84. The number of hydrogen-bond acceptors (Lipinski definition) is 3. The molecule has 1 aromatic carbocycles. The molecule has 2 rings (SSSR count). The van der Waals surface area contributed by atoms with Gasteiger partial charge in [0.25, 0.3) is 5.91 Å². The Bertz CT molecular complexity index is 477. The Labute approximate surface area is 118 Å². The summed E-state index contributed by atoms with van der Waals surface area (Å²) in [6.45, 7) is 5.46. The molecule has 5 heteroatoms. The third-order valence-electron chi connectivity index (χ3n) is 3.37. The van der Waals surface area contributed by atoms with Gasteiger partial charge in [-0.2, -0.15) is 0 Å². The van der Waals surface area contributed by atoms with Gasteiger partial charge in [0, 0.05) is 29.7 Å². The average molecular weight is 283 g/mol. The zero-order valence-corrected chi connectivity index (χ0v) is 12.0. The number of amides is 1. The number of aryl methyl sites for hydroxylation is 1. The molecule has 2 N–H and O–H groups in total. The van der Waals surface area contributed by atoms with E-state index in [1.807, 2.05) is 19.9 Å². The van der Waals surface area contributed by atoms with E-state index in [2.05, 4.69) is 0 Å². The maximum Gasteiger partial charge on any atom is 0.254 e. The van der Waals surface area contributed by atoms with Gasteiger partial charge in [0.2, 0.25) is 0 Å². The number of nitrogens with zero attached hydrogens (tertiary/aromatic N) is 1. The normalized spacial score (nSPS) is 21.3. The van der Waals surface area contributed by atoms with Crippen molar-refractivity contribution in [1.29, 1.82) is 0 Å². The van der Waals surface area contributed by atoms with Gasteiger partial charge in [-0.15, -0.1) is 0 Å². The molecule has 1 saturated heterocycles. The van der Waals surface area contributed by atoms with E-state index in [1.54, 1.807) is 17.0 Å². The lowest BCUT2D eigenvalue weighted by molar-refractivity contribution is -0.0300. The topological polar surface area (TPSA) is 55.6 Å². The monoisotopic (exact) mass is 282 g/mol. The number of carbonyl (C=O) groups is 1. The standard InChI is InChI=1S/C14H19ClN2O2/c1-9-7-11(3-4-12(9)15)14(18)17-5-6-19-13(8-17)10(2)16/h3-4,7,10,13H,5-6,8,16H2,1-2H3. The van der Waals surface area contributed by atoms with Gasteiger partial charge in [0.05, 0.1) is 12.7 Å². The van der Waals surface area contributed by atoms with Crippen molar-refractivity contribution in [3.63, 3.8) is 0 Å². The lowest BCUT2D eigenvalue weighted by Crippen LogP contribution is -2.51. The number of carbonyl (C=O) groups excluding carboxylic acids is 1. The quantitative estimate of drug-likeness (QED) is 0.900. The second kappa shape index (κ2) is 5.90. The SMILES string of the molecule is Cc1cc(C(=O)N2CCOC(C(C)N)C2)ccc1Cl. The Hall–Kier alpha value is -1.10. The molecule has 0 radical (unpaired) electrons. The first-order chi connectivity index (χ1) is 8.99. The van der Waals surface area contributed by atoms with Gasteiger partial charge in [-0.3, -0.25) is 4.79 Å². The summed E-state index contributed by atoms with van der Waals surface area (Å²) >= 11 is 5.97. The first-order valence-corrected chi connectivity index (χ1v) is 6.79. The number of halogens is 1. The fraction of sp³-hybridized carbons (Fsp3) is 0.500. The lowest BCUT2D eigenvalue weighted by atomic mass is 10.1. The summed E-state index contributed by atoms with van der Waals surface area (Å²) in [7, 11) is 0. The van der Waals surface area contributed by atoms with Crippen LogP contribution in [0.4, 0.5) is 0 Å². The number of ether oxygens (including phenoxy) is 1. The zero-order chi connectivity index (χ0) is 14.0. The van der Waals surface area contributed by atoms with Crippen molar-refractivity contribution in [2.75, 3.05) is 19.7 Å². The van der Waals surface area contributed by atoms with Crippen molar-refractivity contribution < 1.29 is 9.53 Å². The van der Waals surface area contributed by atoms with E-state index in [0.717, 1.165) is 5.56 Å². The highest BCUT2D eigenvalue weighted by molar-refractivity contribution is 6.31. The van der Waals surface area contributed by atoms with Gasteiger partial charge in [0.1, 0.15) is 0 Å². The van der Waals surface area contributed by atoms with E-state index in [0.29, 0.717) is 30.3 Å². The molecule has 0 aliphatic carbocycles. The van der Waals surface area contributed by atoms with Gasteiger partial charge in [-0.05, 0) is 37.6 Å². The highest BCUT2D eigenvalue weighted by Gasteiger charge is 2.27. The molecular formula is C14H19ClN2O2. The van der Waals surface area contributed by atoms with Crippen LogP contribution >= 0.6 is 11.6 Å². The zero-order valence-electron chi connectivity index (χ0n) is 11.2. The van der Waals surface area contributed by atoms with Crippen LogP contribution in [0.15, 0.2) is 18.2 Å². The summed E-state index contributed by atoms with van der Waals surface area (Å²) in [6.07, 6.45) is -0.0916. The molecule has 0 spiro atoms. The molecular weight excluding hydrogens is 264 g/mol. The van der Waals surface area contributed by atoms with Gasteiger partial charge in [0.15, 0.2) is 0 Å². The summed E-state index contributed by atoms with van der Waals surface area (Å²) in [5.41, 5.74) is 7.40. The fourth-order valence-corrected chi connectivity index (χ4v) is 2.26. The van der Waals surface area contributed by atoms with Crippen LogP contribution in [0.5, 0.6) is 0 Å². The van der Waals surface area contributed by atoms with Crippen molar-refractivity contribution in [2.24, 2.45) is 5.73 Å². The van der Waals surface area contributed by atoms with Crippen LogP contribution in [0.1, 0.15) is 22.8 Å². The molecule has 4 nitrogen and oxygen atoms in total. The lowest BCUT2D eigenvalue weighted by Gasteiger charge is -2.34. The minimum atomic E-state index is -0.0916. The van der Waals surface area contributed by atoms with Crippen LogP contribution in [0.25, 0.3) is 0 Å². The summed E-state index contributed by atoms with van der Waals surface area (Å²) in [6, 6.07) is 5.25. The molecule has 1 aromatic rings. The Morgan fingerprint density at radius 1 is 1.58 bits per heavy atom. The van der Waals surface area contributed by atoms with Gasteiger partial charge >= 0.3 is 0 Å². The van der Waals surface area contributed by atoms with E-state index >= 15 is 0 Å². The molecule has 1 aliphatic heterocycles. The molecule has 1 heterocycles. The molecule has 1 amide bonds. The number of morpholine rings is 1. The van der Waals surface area contributed by atoms with Gasteiger partial charge < -0.3 is 15.4 Å². The molecule has 2 atom stereocenters. The second-order valence-electron chi connectivity index (χ2n) is 4.98. The van der Waals surface area contributed by atoms with Crippen LogP contribution in [0.3, 0.4) is 0 Å². The Morgan fingerprint density at radius 2 is 2.32 bits per heavy atom. The first-order valence-electron chi connectivity index (χ1n) is 6.41. The van der Waals surface area contributed by atoms with E-state index in [-0.39, 0.29) is 18.1 Å². The molecule has 0 saturated carbocycles. The van der Waals surface area contributed by atoms with Crippen LogP contribution < -0.4 is 5.73 Å². The Morgan fingerprint density at radius 3 is 2.95 bits per heavy atom. The van der Waals surface area contributed by atoms with Crippen LogP contribution in [-0.2, 0) is 4.74 Å². The fourth-order valence-electron chi connectivity index (χ4n) is 2.14. The van der Waals surface area contributed by atoms with E-state index in [4.69, 9.17) is 22.1 Å². The second-order valence-corrected chi connectivity index (χ2v) is 5.39. The molecule has 0 bridgehead atoms. The van der Waals surface area contributed by atoms with Crippen LogP contribution in [0.2, 0.25) is 5.02 Å². The first kappa shape index (κ1) is 14.3. The maximum absolute atomic E-state index is 12.4. The molecule has 2 unspecified atom stereocenters. The number of nitrogens with two attached hydrogens (primary N) is 1. The van der Waals surface area contributed by atoms with Crippen molar-refractivity contribution in [3.8, 4) is 0 Å². The van der Waals surface area contributed by atoms with Crippen molar-refractivity contribution in [1.82, 2.24) is 4.90 Å². The van der Waals surface area contributed by atoms with Crippen molar-refractivity contribution in [3.05, 3.63) is 34.3 Å². The number of benzene rings is 1. The third-order valence-corrected chi connectivity index (χ3v) is 3.80. The van der Waals surface area contributed by atoms with Gasteiger partial charge in [-0.25, -0.2) is 0 Å². The summed E-state index contributed by atoms with van der Waals surface area (Å²) in [5.74, 6) is 0.00807. The number of hydrogen-bond donors (Lipinski definition) is 1. The summed E-state index contributed by atoms with van der Waals surface area (Å²) in [5, 5.41) is 0.673. The predicted molar refractivity (Wildman–Crippen MR) is 75.5 cm³/mol. The minimum absolute atomic E-state index is 0.00807. The van der Waals surface area contributed by atoms with Crippen LogP contribution in [-0.4, -0.2) is 42.6 Å². The maximum atomic E-state index is 12.4. The third kappa shape index (κ3) is 3.26. The number of rotatable bonds is 2. The van der Waals surface area contributed by atoms with Crippen LogP contribution in [0, 0.1) is 6.92 Å². The highest BCUT2D eigenvalue weighted by Crippen LogP contribution is 2.18. The Balaban J connectivity index is 2.12. The van der Waals surface area contributed by atoms with Crippen molar-refractivity contribution >= 4 is 17.5 Å². The summed E-state index contributed by atoms with van der Waals surface area (Å²) < 4.78 is 5.56. The van der Waals surface area contributed by atoms with E-state index < -0.39 is 0 Å². The van der Waals surface area contributed by atoms with Gasteiger partial charge in [-0.1, -0.05) is 11.6 Å². The molecule has 1 fully saturated rings. The molecule has 1 aliphatic rings. The Kier molecular flexibility index (Phi) is 4.45. The smallest absolute Gasteiger partial charge is 0.254 e. The highest BCUT2D eigenvalue weighted by atomic mass is 35.5. The molecule has 0 aromatic heterocycles. The minimum Gasteiger partial charge on any atom is -0.373 e. The van der Waals surface area contributed by atoms with Crippen molar-refractivity contribution in [2.45, 2.75) is 26.0 Å². The van der Waals surface area contributed by atoms with E-state index in [1.165, 1.54) is 0 Å². The van der Waals surface area contributed by atoms with E-state index in [9.17, 15) is 4.79 Å². The largest absolute Gasteiger partial charge is 0.373 e. The average Bonchev–Trinajstić information content (AvgIpc) is 2.41. The molecule has 19 heavy (non-hydrogen) atoms. The summed E-state index contributed by atoms with van der Waals surface area (Å²) in [4.78, 5) is 14.2.